The molecule has 0 spiro atoms. The van der Waals surface area contributed by atoms with Crippen molar-refractivity contribution < 1.29 is 64.9 Å². The van der Waals surface area contributed by atoms with E-state index in [1.54, 1.807) is 0 Å². The molecule has 6 fully saturated rings. The third kappa shape index (κ3) is 7.10. The van der Waals surface area contributed by atoms with Crippen molar-refractivity contribution >= 4 is 0 Å². The maximum atomic E-state index is 12.3. The Kier molecular flexibility index (Phi) is 12.2. The van der Waals surface area contributed by atoms with Crippen molar-refractivity contribution in [3.05, 3.63) is 11.6 Å². The zero-order valence-corrected chi connectivity index (χ0v) is 34.4. The summed E-state index contributed by atoms with van der Waals surface area (Å²) >= 11 is 0. The molecule has 318 valence electrons. The van der Waals surface area contributed by atoms with Gasteiger partial charge in [0.25, 0.3) is 0 Å². The maximum Gasteiger partial charge on any atom is 0.187 e. The first-order chi connectivity index (χ1) is 25.5. The van der Waals surface area contributed by atoms with Gasteiger partial charge in [0.05, 0.1) is 36.6 Å². The fourth-order valence-corrected chi connectivity index (χ4v) is 13.3. The van der Waals surface area contributed by atoms with Crippen LogP contribution in [-0.4, -0.2) is 138 Å². The molecule has 13 nitrogen and oxygen atoms in total. The van der Waals surface area contributed by atoms with Crippen LogP contribution >= 0.6 is 0 Å². The third-order valence-electron chi connectivity index (χ3n) is 16.5. The van der Waals surface area contributed by atoms with Gasteiger partial charge in [0, 0.05) is 0 Å². The molecular weight excluding hydrogens is 712 g/mol. The van der Waals surface area contributed by atoms with E-state index < -0.39 is 114 Å². The van der Waals surface area contributed by atoms with Gasteiger partial charge in [-0.05, 0) is 124 Å². The Morgan fingerprint density at radius 2 is 1.49 bits per heavy atom. The molecule has 9 N–H and O–H groups in total. The van der Waals surface area contributed by atoms with Crippen LogP contribution in [0.5, 0.6) is 0 Å². The first-order valence-electron chi connectivity index (χ1n) is 20.8. The molecule has 6 aliphatic rings. The van der Waals surface area contributed by atoms with E-state index >= 15 is 0 Å². The predicted octanol–water partition coefficient (Wildman–Crippen LogP) is 2.15. The molecule has 13 heteroatoms. The zero-order valence-electron chi connectivity index (χ0n) is 34.4. The lowest BCUT2D eigenvalue weighted by molar-refractivity contribution is -0.382. The second kappa shape index (κ2) is 15.4. The summed E-state index contributed by atoms with van der Waals surface area (Å²) < 4.78 is 25.1. The largest absolute Gasteiger partial charge is 0.394 e. The van der Waals surface area contributed by atoms with E-state index in [1.807, 2.05) is 20.8 Å². The van der Waals surface area contributed by atoms with E-state index in [-0.39, 0.29) is 23.7 Å². The van der Waals surface area contributed by atoms with E-state index in [9.17, 15) is 46.0 Å². The maximum absolute atomic E-state index is 12.3. The quantitative estimate of drug-likeness (QED) is 0.121. The summed E-state index contributed by atoms with van der Waals surface area (Å²) in [7, 11) is 0. The second-order valence-corrected chi connectivity index (χ2v) is 20.3. The number of aliphatic hydroxyl groups is 9. The molecule has 4 saturated carbocycles. The Morgan fingerprint density at radius 3 is 2.13 bits per heavy atom. The number of fused-ring (bicyclic) bond motifs is 5. The number of hydrogen-bond acceptors (Lipinski definition) is 13. The van der Waals surface area contributed by atoms with Crippen LogP contribution in [0.3, 0.4) is 0 Å². The highest BCUT2D eigenvalue weighted by Crippen LogP contribution is 2.76. The third-order valence-corrected chi connectivity index (χ3v) is 16.5. The van der Waals surface area contributed by atoms with Gasteiger partial charge in [0.15, 0.2) is 12.6 Å². The van der Waals surface area contributed by atoms with Gasteiger partial charge in [-0.3, -0.25) is 0 Å². The average Bonchev–Trinajstić information content (AvgIpc) is 3.49. The van der Waals surface area contributed by atoms with Crippen molar-refractivity contribution in [3.8, 4) is 0 Å². The van der Waals surface area contributed by atoms with E-state index in [0.717, 1.165) is 19.3 Å². The van der Waals surface area contributed by atoms with Gasteiger partial charge in [-0.15, -0.1) is 0 Å². The van der Waals surface area contributed by atoms with Gasteiger partial charge in [0.1, 0.15) is 42.7 Å². The lowest BCUT2D eigenvalue weighted by atomic mass is 9.34. The number of allylic oxidation sites excluding steroid dienone is 2. The summed E-state index contributed by atoms with van der Waals surface area (Å²) in [6.45, 7) is 17.8. The topological polar surface area (TPSA) is 219 Å². The SMILES string of the molecule is CC(C)=CCC[C@@](C)(O)[C@H]1CC[C@]2(C)[C@@H]1[C@H](O)C[C@@H]1[C@]3(C)CC[C@@H](O)C(C)(C)[C@H]3[C@@H](O[C@@H]3O[C@H](CO)[C@@H](O)[C@H](O)[C@H]3O[C@@H]3O[C@@H](C)[C@H](O)[C@@H](O)[C@H]3O)C[C@]12C. The summed E-state index contributed by atoms with van der Waals surface area (Å²) in [5.41, 5.74) is -1.71. The molecule has 0 unspecified atom stereocenters. The lowest BCUT2D eigenvalue weighted by Crippen LogP contribution is -2.71. The average molecular weight is 785 g/mol. The molecule has 21 atom stereocenters. The van der Waals surface area contributed by atoms with Crippen LogP contribution < -0.4 is 0 Å². The van der Waals surface area contributed by atoms with Crippen LogP contribution in [0.25, 0.3) is 0 Å². The molecule has 0 aromatic carbocycles. The van der Waals surface area contributed by atoms with Gasteiger partial charge in [-0.2, -0.15) is 0 Å². The van der Waals surface area contributed by atoms with E-state index in [4.69, 9.17) is 18.9 Å². The molecule has 2 heterocycles. The molecule has 0 radical (unpaired) electrons. The van der Waals surface area contributed by atoms with Crippen molar-refractivity contribution in [2.75, 3.05) is 6.61 Å². The first-order valence-corrected chi connectivity index (χ1v) is 20.8. The van der Waals surface area contributed by atoms with E-state index in [1.165, 1.54) is 12.5 Å². The van der Waals surface area contributed by atoms with Gasteiger partial charge < -0.3 is 64.9 Å². The van der Waals surface area contributed by atoms with Gasteiger partial charge in [-0.1, -0.05) is 46.3 Å². The van der Waals surface area contributed by atoms with Crippen molar-refractivity contribution in [1.82, 2.24) is 0 Å². The minimum absolute atomic E-state index is 0.0411. The number of rotatable bonds is 9. The molecule has 0 aromatic rings. The van der Waals surface area contributed by atoms with E-state index in [0.29, 0.717) is 32.1 Å². The molecule has 4 aliphatic carbocycles. The number of hydrogen-bond donors (Lipinski definition) is 9. The predicted molar refractivity (Wildman–Crippen MR) is 201 cm³/mol. The molecule has 2 aliphatic heterocycles. The molecule has 55 heavy (non-hydrogen) atoms. The van der Waals surface area contributed by atoms with Crippen LogP contribution in [0.2, 0.25) is 0 Å². The highest BCUT2D eigenvalue weighted by molar-refractivity contribution is 5.22. The lowest BCUT2D eigenvalue weighted by Gasteiger charge is -2.72. The molecule has 0 bridgehead atoms. The van der Waals surface area contributed by atoms with Crippen LogP contribution in [0, 0.1) is 45.3 Å². The van der Waals surface area contributed by atoms with Crippen LogP contribution in [0.15, 0.2) is 11.6 Å². The zero-order chi connectivity index (χ0) is 40.8. The fraction of sp³-hybridized carbons (Fsp3) is 0.952. The van der Waals surface area contributed by atoms with Gasteiger partial charge >= 0.3 is 0 Å². The summed E-state index contributed by atoms with van der Waals surface area (Å²) in [5, 5.41) is 100. The summed E-state index contributed by atoms with van der Waals surface area (Å²) in [5.74, 6) is -0.526. The highest BCUT2D eigenvalue weighted by Gasteiger charge is 2.73. The summed E-state index contributed by atoms with van der Waals surface area (Å²) in [4.78, 5) is 0. The van der Waals surface area contributed by atoms with Crippen molar-refractivity contribution in [3.63, 3.8) is 0 Å². The normalized spacial score (nSPS) is 53.4. The first kappa shape index (κ1) is 43.8. The van der Waals surface area contributed by atoms with Gasteiger partial charge in [-0.25, -0.2) is 0 Å². The standard InChI is InChI=1S/C42H72O13/c1-20(2)11-10-14-42(9,51)22-12-16-40(7)28(22)23(44)17-26-39(6)15-13-27(45)38(4,5)35(39)24(18-41(26,40)8)53-37-34(32(49)30(47)25(19-43)54-37)55-36-33(50)31(48)29(46)21(3)52-36/h11,21-37,43-51H,10,12-19H2,1-9H3/t21-,22-,23+,24-,25+,26+,27+,28-,29-,30+,31+,32-,33+,34+,35+,36-,37+,39-,40+,41+,42+/m0/s1. The fourth-order valence-electron chi connectivity index (χ4n) is 13.3. The number of aliphatic hydroxyl groups excluding tert-OH is 8. The highest BCUT2D eigenvalue weighted by atomic mass is 16.8. The Bertz CT molecular complexity index is 1390. The molecular formula is C42H72O13. The van der Waals surface area contributed by atoms with Crippen molar-refractivity contribution in [2.45, 2.75) is 199 Å². The summed E-state index contributed by atoms with van der Waals surface area (Å²) in [6, 6.07) is 0. The molecule has 0 aromatic heterocycles. The van der Waals surface area contributed by atoms with Crippen LogP contribution in [0.1, 0.15) is 114 Å². The Labute approximate surface area is 327 Å². The minimum Gasteiger partial charge on any atom is -0.394 e. The van der Waals surface area contributed by atoms with Crippen LogP contribution in [0.4, 0.5) is 0 Å². The van der Waals surface area contributed by atoms with Gasteiger partial charge in [0.2, 0.25) is 0 Å². The molecule has 2 saturated heterocycles. The minimum atomic E-state index is -1.70. The molecule has 6 rings (SSSR count). The summed E-state index contributed by atoms with van der Waals surface area (Å²) in [6.07, 6.45) is -8.99. The monoisotopic (exact) mass is 784 g/mol. The van der Waals surface area contributed by atoms with Crippen molar-refractivity contribution in [2.24, 2.45) is 45.3 Å². The number of ether oxygens (including phenoxy) is 4. The van der Waals surface area contributed by atoms with E-state index in [2.05, 4.69) is 40.7 Å². The Morgan fingerprint density at radius 1 is 0.818 bits per heavy atom. The second-order valence-electron chi connectivity index (χ2n) is 20.3. The van der Waals surface area contributed by atoms with Crippen LogP contribution in [-0.2, 0) is 18.9 Å². The Hall–Kier alpha value is -0.780. The molecule has 0 amide bonds. The Balaban J connectivity index is 1.38. The smallest absolute Gasteiger partial charge is 0.187 e. The van der Waals surface area contributed by atoms with Crippen molar-refractivity contribution in [1.29, 1.82) is 0 Å².